The van der Waals surface area contributed by atoms with Gasteiger partial charge in [-0.25, -0.2) is 0 Å². The van der Waals surface area contributed by atoms with Crippen LogP contribution in [0.5, 0.6) is 0 Å². The number of benzene rings is 2. The summed E-state index contributed by atoms with van der Waals surface area (Å²) in [4.78, 5) is 23.0. The zero-order chi connectivity index (χ0) is 20.9. The van der Waals surface area contributed by atoms with Crippen molar-refractivity contribution in [2.75, 3.05) is 0 Å². The lowest BCUT2D eigenvalue weighted by Crippen LogP contribution is -2.50. The van der Waals surface area contributed by atoms with E-state index in [1.54, 1.807) is 24.3 Å². The van der Waals surface area contributed by atoms with Gasteiger partial charge >= 0.3 is 5.97 Å². The second-order valence-electron chi connectivity index (χ2n) is 7.61. The quantitative estimate of drug-likeness (QED) is 0.378. The van der Waals surface area contributed by atoms with Gasteiger partial charge in [0.25, 0.3) is 5.91 Å². The third-order valence-corrected chi connectivity index (χ3v) is 5.74. The number of rotatable bonds is 6. The van der Waals surface area contributed by atoms with E-state index in [4.69, 9.17) is 10.5 Å². The highest BCUT2D eigenvalue weighted by Crippen LogP contribution is 2.33. The zero-order valence-corrected chi connectivity index (χ0v) is 17.5. The highest BCUT2D eigenvalue weighted by Gasteiger charge is 2.31. The molecular weight excluding hydrogens is 384 g/mol. The molecule has 154 valence electrons. The number of carbonyl (C=O) groups is 2. The minimum Gasteiger partial charge on any atom is -0.447 e. The van der Waals surface area contributed by atoms with E-state index in [0.717, 1.165) is 0 Å². The Bertz CT molecular complexity index is 831. The number of esters is 1. The monoisotopic (exact) mass is 412 g/mol. The summed E-state index contributed by atoms with van der Waals surface area (Å²) in [5.41, 5.74) is 8.84. The van der Waals surface area contributed by atoms with Crippen molar-refractivity contribution in [1.82, 2.24) is 5.32 Å². The Morgan fingerprint density at radius 2 is 1.69 bits per heavy atom. The summed E-state index contributed by atoms with van der Waals surface area (Å²) in [5.74, 6) is -0.487. The lowest BCUT2D eigenvalue weighted by molar-refractivity contribution is -0.154. The third kappa shape index (κ3) is 5.61. The molecule has 1 fully saturated rings. The van der Waals surface area contributed by atoms with E-state index < -0.39 is 23.0 Å². The van der Waals surface area contributed by atoms with Gasteiger partial charge < -0.3 is 10.1 Å². The van der Waals surface area contributed by atoms with Crippen LogP contribution in [0.2, 0.25) is 0 Å². The molecule has 5 nitrogen and oxygen atoms in total. The molecule has 2 aromatic rings. The van der Waals surface area contributed by atoms with Crippen LogP contribution in [0.3, 0.4) is 0 Å². The summed E-state index contributed by atoms with van der Waals surface area (Å²) in [6.45, 7) is 1.27. The van der Waals surface area contributed by atoms with Crippen LogP contribution in [0.1, 0.15) is 67.7 Å². The van der Waals surface area contributed by atoms with Crippen molar-refractivity contribution in [3.8, 4) is 0 Å². The van der Waals surface area contributed by atoms with E-state index in [1.807, 2.05) is 18.2 Å². The van der Waals surface area contributed by atoms with Crippen LogP contribution < -0.4 is 11.1 Å². The number of hydrogen-bond acceptors (Lipinski definition) is 5. The molecule has 3 N–H and O–H groups in total. The number of thiol groups is 1. The van der Waals surface area contributed by atoms with Gasteiger partial charge in [-0.2, -0.15) is 0 Å². The number of hydrogen-bond donors (Lipinski definition) is 3. The summed E-state index contributed by atoms with van der Waals surface area (Å²) < 4.78 is 5.24. The molecule has 29 heavy (non-hydrogen) atoms. The van der Waals surface area contributed by atoms with Crippen LogP contribution in [0.4, 0.5) is 0 Å². The molecule has 2 aromatic carbocycles. The fourth-order valence-electron chi connectivity index (χ4n) is 3.84. The molecule has 1 aliphatic rings. The summed E-state index contributed by atoms with van der Waals surface area (Å²) >= 11 is 4.48. The summed E-state index contributed by atoms with van der Waals surface area (Å²) in [6, 6.07) is 16.8. The van der Waals surface area contributed by atoms with Gasteiger partial charge in [0.2, 0.25) is 6.10 Å². The van der Waals surface area contributed by atoms with Crippen molar-refractivity contribution >= 4 is 24.5 Å². The number of nitrogens with two attached hydrogens (primary N) is 1. The lowest BCUT2D eigenvalue weighted by Gasteiger charge is -2.29. The van der Waals surface area contributed by atoms with Crippen LogP contribution in [-0.2, 0) is 19.3 Å². The highest BCUT2D eigenvalue weighted by molar-refractivity contribution is 7.81. The molecule has 2 unspecified atom stereocenters. The molecular formula is C23H28N2O3S. The van der Waals surface area contributed by atoms with Gasteiger partial charge in [0.15, 0.2) is 4.99 Å². The predicted molar refractivity (Wildman–Crippen MR) is 116 cm³/mol. The van der Waals surface area contributed by atoms with E-state index in [9.17, 15) is 9.59 Å². The second-order valence-corrected chi connectivity index (χ2v) is 8.32. The number of ether oxygens (including phenoxy) is 1. The van der Waals surface area contributed by atoms with Crippen molar-refractivity contribution < 1.29 is 14.3 Å². The number of amides is 1. The van der Waals surface area contributed by atoms with E-state index >= 15 is 0 Å². The minimum absolute atomic E-state index is 0.528. The molecule has 0 radical (unpaired) electrons. The van der Waals surface area contributed by atoms with Crippen molar-refractivity contribution in [3.63, 3.8) is 0 Å². The minimum atomic E-state index is -1.39. The van der Waals surface area contributed by atoms with Crippen LogP contribution in [-0.4, -0.2) is 11.9 Å². The summed E-state index contributed by atoms with van der Waals surface area (Å²) in [5, 5.41) is 2.70. The van der Waals surface area contributed by atoms with Gasteiger partial charge in [-0.1, -0.05) is 73.9 Å². The van der Waals surface area contributed by atoms with E-state index in [2.05, 4.69) is 30.1 Å². The first-order valence-electron chi connectivity index (χ1n) is 10.0. The standard InChI is InChI=1S/C23H28N2O3S/c1-16(26)28-21(19-10-6-3-7-11-19)22(27)25-23(24,29)20-14-12-18(13-15-20)17-8-4-2-5-9-17/h3,6-7,10-15,17,21,29H,2,4-5,8-9,24H2,1H3,(H,25,27). The van der Waals surface area contributed by atoms with Gasteiger partial charge in [-0.15, -0.1) is 12.6 Å². The smallest absolute Gasteiger partial charge is 0.303 e. The Hall–Kier alpha value is -2.31. The molecule has 0 heterocycles. The van der Waals surface area contributed by atoms with Gasteiger partial charge in [0, 0.05) is 18.1 Å². The molecule has 0 aliphatic heterocycles. The van der Waals surface area contributed by atoms with Crippen molar-refractivity contribution in [2.24, 2.45) is 5.73 Å². The third-order valence-electron chi connectivity index (χ3n) is 5.37. The number of nitrogens with one attached hydrogen (secondary N) is 1. The lowest BCUT2D eigenvalue weighted by atomic mass is 9.84. The van der Waals surface area contributed by atoms with E-state index in [1.165, 1.54) is 44.6 Å². The Balaban J connectivity index is 1.74. The molecule has 2 atom stereocenters. The average Bonchev–Trinajstić information content (AvgIpc) is 2.73. The van der Waals surface area contributed by atoms with Gasteiger partial charge in [0.05, 0.1) is 0 Å². The molecule has 0 spiro atoms. The Labute approximate surface area is 177 Å². The summed E-state index contributed by atoms with van der Waals surface area (Å²) in [6.07, 6.45) is 5.19. The molecule has 1 aliphatic carbocycles. The number of carbonyl (C=O) groups excluding carboxylic acids is 2. The maximum absolute atomic E-state index is 12.9. The van der Waals surface area contributed by atoms with Gasteiger partial charge in [-0.05, 0) is 24.3 Å². The van der Waals surface area contributed by atoms with Gasteiger partial charge in [-0.3, -0.25) is 15.3 Å². The molecule has 1 saturated carbocycles. The van der Waals surface area contributed by atoms with Crippen molar-refractivity contribution in [3.05, 3.63) is 71.3 Å². The fourth-order valence-corrected chi connectivity index (χ4v) is 4.10. The maximum atomic E-state index is 12.9. The Morgan fingerprint density at radius 1 is 1.07 bits per heavy atom. The maximum Gasteiger partial charge on any atom is 0.303 e. The predicted octanol–water partition coefficient (Wildman–Crippen LogP) is 4.15. The topological polar surface area (TPSA) is 81.4 Å². The molecule has 6 heteroatoms. The molecule has 3 rings (SSSR count). The van der Waals surface area contributed by atoms with Crippen molar-refractivity contribution in [2.45, 2.75) is 56.0 Å². The first kappa shape index (κ1) is 21.4. The van der Waals surface area contributed by atoms with Crippen LogP contribution in [0.15, 0.2) is 54.6 Å². The first-order chi connectivity index (χ1) is 13.9. The van der Waals surface area contributed by atoms with Crippen LogP contribution >= 0.6 is 12.6 Å². The van der Waals surface area contributed by atoms with Crippen LogP contribution in [0.25, 0.3) is 0 Å². The van der Waals surface area contributed by atoms with Crippen LogP contribution in [0, 0.1) is 0 Å². The molecule has 0 bridgehead atoms. The fraction of sp³-hybridized carbons (Fsp3) is 0.391. The SMILES string of the molecule is CC(=O)OC(C(=O)NC(N)(S)c1ccc(C2CCCCC2)cc1)c1ccccc1. The average molecular weight is 413 g/mol. The van der Waals surface area contributed by atoms with Gasteiger partial charge in [0.1, 0.15) is 0 Å². The Morgan fingerprint density at radius 3 is 2.28 bits per heavy atom. The summed E-state index contributed by atoms with van der Waals surface area (Å²) in [7, 11) is 0. The molecule has 0 aromatic heterocycles. The Kier molecular flexibility index (Phi) is 6.98. The second kappa shape index (κ2) is 9.46. The largest absolute Gasteiger partial charge is 0.447 e. The van der Waals surface area contributed by atoms with Crippen molar-refractivity contribution in [1.29, 1.82) is 0 Å². The van der Waals surface area contributed by atoms with E-state index in [0.29, 0.717) is 17.0 Å². The highest BCUT2D eigenvalue weighted by atomic mass is 32.1. The first-order valence-corrected chi connectivity index (χ1v) is 10.5. The zero-order valence-electron chi connectivity index (χ0n) is 16.6. The normalized spacial score (nSPS) is 17.8. The van der Waals surface area contributed by atoms with E-state index in [-0.39, 0.29) is 0 Å². The molecule has 1 amide bonds. The molecule has 0 saturated heterocycles.